The Hall–Kier alpha value is -1.29. The average molecular weight is 271 g/mol. The van der Waals surface area contributed by atoms with Crippen LogP contribution in [0.15, 0.2) is 23.8 Å². The third kappa shape index (κ3) is 14.7. The van der Waals surface area contributed by atoms with Crippen molar-refractivity contribution < 1.29 is 14.6 Å². The summed E-state index contributed by atoms with van der Waals surface area (Å²) in [6, 6.07) is 0. The number of amides is 1. The summed E-state index contributed by atoms with van der Waals surface area (Å²) in [5, 5.41) is 11.4. The summed E-state index contributed by atoms with van der Waals surface area (Å²) in [4.78, 5) is 11.4. The summed E-state index contributed by atoms with van der Waals surface area (Å²) in [5.74, 6) is 0. The lowest BCUT2D eigenvalue weighted by molar-refractivity contribution is 0.0533. The van der Waals surface area contributed by atoms with Crippen LogP contribution in [-0.2, 0) is 4.74 Å². The summed E-state index contributed by atoms with van der Waals surface area (Å²) < 4.78 is 5.12. The second-order valence-corrected chi connectivity index (χ2v) is 4.63. The maximum Gasteiger partial charge on any atom is 0.407 e. The van der Waals surface area contributed by atoms with Crippen LogP contribution in [0.25, 0.3) is 0 Å². The SMILES string of the molecule is CC.CC/C=C(\C=C/CO)CNC(=O)OC(C)(C)C. The number of nitrogens with one attached hydrogen (secondary N) is 1. The fourth-order valence-corrected chi connectivity index (χ4v) is 1.15. The first kappa shape index (κ1) is 20.0. The summed E-state index contributed by atoms with van der Waals surface area (Å²) in [5.41, 5.74) is 0.465. The van der Waals surface area contributed by atoms with E-state index in [1.54, 1.807) is 12.2 Å². The van der Waals surface area contributed by atoms with Gasteiger partial charge in [0.15, 0.2) is 0 Å². The zero-order valence-electron chi connectivity index (χ0n) is 13.1. The van der Waals surface area contributed by atoms with Gasteiger partial charge in [-0.2, -0.15) is 0 Å². The highest BCUT2D eigenvalue weighted by Gasteiger charge is 2.15. The molecule has 0 fully saturated rings. The maximum absolute atomic E-state index is 11.4. The number of alkyl carbamates (subject to hydrolysis) is 1. The first-order chi connectivity index (χ1) is 8.89. The zero-order chi connectivity index (χ0) is 15.3. The van der Waals surface area contributed by atoms with Crippen LogP contribution in [0.5, 0.6) is 0 Å². The second kappa shape index (κ2) is 11.8. The van der Waals surface area contributed by atoms with Gasteiger partial charge in [-0.3, -0.25) is 0 Å². The fourth-order valence-electron chi connectivity index (χ4n) is 1.15. The quantitative estimate of drug-likeness (QED) is 0.753. The van der Waals surface area contributed by atoms with Gasteiger partial charge in [0, 0.05) is 6.54 Å². The molecule has 4 nitrogen and oxygen atoms in total. The highest BCUT2D eigenvalue weighted by atomic mass is 16.6. The van der Waals surface area contributed by atoms with E-state index in [0.29, 0.717) is 6.54 Å². The molecule has 0 aliphatic heterocycles. The van der Waals surface area contributed by atoms with E-state index in [4.69, 9.17) is 9.84 Å². The Morgan fingerprint density at radius 1 is 1.32 bits per heavy atom. The van der Waals surface area contributed by atoms with Crippen LogP contribution in [0.3, 0.4) is 0 Å². The molecular weight excluding hydrogens is 242 g/mol. The van der Waals surface area contributed by atoms with Gasteiger partial charge in [0.25, 0.3) is 0 Å². The molecule has 112 valence electrons. The van der Waals surface area contributed by atoms with Crippen LogP contribution in [0.4, 0.5) is 4.79 Å². The van der Waals surface area contributed by atoms with Gasteiger partial charge in [-0.05, 0) is 32.8 Å². The molecule has 0 aliphatic rings. The molecule has 0 saturated carbocycles. The van der Waals surface area contributed by atoms with E-state index in [2.05, 4.69) is 5.32 Å². The predicted octanol–water partition coefficient (Wildman–Crippen LogP) is 3.42. The van der Waals surface area contributed by atoms with Crippen molar-refractivity contribution in [1.29, 1.82) is 0 Å². The molecule has 0 aromatic carbocycles. The molecule has 0 atom stereocenters. The number of rotatable bonds is 5. The molecule has 1 amide bonds. The highest BCUT2D eigenvalue weighted by Crippen LogP contribution is 2.06. The molecular formula is C15H29NO3. The summed E-state index contributed by atoms with van der Waals surface area (Å²) in [7, 11) is 0. The number of carbonyl (C=O) groups is 1. The van der Waals surface area contributed by atoms with Gasteiger partial charge in [0.05, 0.1) is 6.61 Å². The number of carbonyl (C=O) groups excluding carboxylic acids is 1. The minimum atomic E-state index is -0.486. The number of aliphatic hydroxyl groups excluding tert-OH is 1. The number of hydrogen-bond acceptors (Lipinski definition) is 3. The van der Waals surface area contributed by atoms with Gasteiger partial charge in [0.1, 0.15) is 5.60 Å². The van der Waals surface area contributed by atoms with Crippen LogP contribution >= 0.6 is 0 Å². The van der Waals surface area contributed by atoms with E-state index >= 15 is 0 Å². The van der Waals surface area contributed by atoms with Gasteiger partial charge < -0.3 is 15.2 Å². The molecule has 0 spiro atoms. The van der Waals surface area contributed by atoms with Crippen molar-refractivity contribution in [3.05, 3.63) is 23.8 Å². The number of ether oxygens (including phenoxy) is 1. The Labute approximate surface area is 117 Å². The van der Waals surface area contributed by atoms with Crippen LogP contribution in [-0.4, -0.2) is 30.0 Å². The van der Waals surface area contributed by atoms with Crippen molar-refractivity contribution in [3.8, 4) is 0 Å². The Bertz CT molecular complexity index is 288. The third-order valence-corrected chi connectivity index (χ3v) is 1.74. The first-order valence-electron chi connectivity index (χ1n) is 6.82. The monoisotopic (exact) mass is 271 g/mol. The van der Waals surface area contributed by atoms with E-state index in [1.165, 1.54) is 0 Å². The lowest BCUT2D eigenvalue weighted by Crippen LogP contribution is -2.33. The smallest absolute Gasteiger partial charge is 0.407 e. The number of allylic oxidation sites excluding steroid dienone is 1. The summed E-state index contributed by atoms with van der Waals surface area (Å²) >= 11 is 0. The largest absolute Gasteiger partial charge is 0.444 e. The average Bonchev–Trinajstić information content (AvgIpc) is 2.33. The highest BCUT2D eigenvalue weighted by molar-refractivity contribution is 5.68. The van der Waals surface area contributed by atoms with Crippen molar-refractivity contribution >= 4 is 6.09 Å². The molecule has 0 bridgehead atoms. The van der Waals surface area contributed by atoms with E-state index in [9.17, 15) is 4.79 Å². The minimum absolute atomic E-state index is 0.00646. The van der Waals surface area contributed by atoms with Crippen molar-refractivity contribution in [3.63, 3.8) is 0 Å². The van der Waals surface area contributed by atoms with Crippen LogP contribution in [0.1, 0.15) is 48.0 Å². The van der Waals surface area contributed by atoms with Gasteiger partial charge in [-0.1, -0.05) is 39.0 Å². The normalized spacial score (nSPS) is 11.8. The Morgan fingerprint density at radius 3 is 2.32 bits per heavy atom. The molecule has 0 aliphatic carbocycles. The Balaban J connectivity index is 0. The topological polar surface area (TPSA) is 58.6 Å². The maximum atomic E-state index is 11.4. The fraction of sp³-hybridized carbons (Fsp3) is 0.667. The lowest BCUT2D eigenvalue weighted by Gasteiger charge is -2.19. The Morgan fingerprint density at radius 2 is 1.89 bits per heavy atom. The number of hydrogen-bond donors (Lipinski definition) is 2. The van der Waals surface area contributed by atoms with Crippen molar-refractivity contribution in [2.24, 2.45) is 0 Å². The van der Waals surface area contributed by atoms with Crippen molar-refractivity contribution in [1.82, 2.24) is 5.32 Å². The molecule has 19 heavy (non-hydrogen) atoms. The van der Waals surface area contributed by atoms with E-state index in [0.717, 1.165) is 12.0 Å². The van der Waals surface area contributed by atoms with Gasteiger partial charge in [-0.25, -0.2) is 4.79 Å². The predicted molar refractivity (Wildman–Crippen MR) is 80.2 cm³/mol. The third-order valence-electron chi connectivity index (χ3n) is 1.74. The van der Waals surface area contributed by atoms with Crippen LogP contribution < -0.4 is 5.32 Å². The first-order valence-corrected chi connectivity index (χ1v) is 6.82. The van der Waals surface area contributed by atoms with Gasteiger partial charge in [0.2, 0.25) is 0 Å². The molecule has 0 aromatic rings. The lowest BCUT2D eigenvalue weighted by atomic mass is 10.2. The van der Waals surface area contributed by atoms with Crippen LogP contribution in [0.2, 0.25) is 0 Å². The second-order valence-electron chi connectivity index (χ2n) is 4.63. The molecule has 0 aromatic heterocycles. The summed E-state index contributed by atoms with van der Waals surface area (Å²) in [6.45, 7) is 11.9. The molecule has 4 heteroatoms. The van der Waals surface area contributed by atoms with Crippen molar-refractivity contribution in [2.45, 2.75) is 53.6 Å². The number of aliphatic hydroxyl groups is 1. The Kier molecular flexibility index (Phi) is 12.4. The van der Waals surface area contributed by atoms with E-state index < -0.39 is 11.7 Å². The molecule has 0 unspecified atom stereocenters. The zero-order valence-corrected chi connectivity index (χ0v) is 13.1. The molecule has 0 rings (SSSR count). The van der Waals surface area contributed by atoms with E-state index in [1.807, 2.05) is 47.6 Å². The summed E-state index contributed by atoms with van der Waals surface area (Å²) in [6.07, 6.45) is 5.86. The molecule has 0 heterocycles. The van der Waals surface area contributed by atoms with Gasteiger partial charge in [-0.15, -0.1) is 0 Å². The minimum Gasteiger partial charge on any atom is -0.444 e. The van der Waals surface area contributed by atoms with E-state index in [-0.39, 0.29) is 6.61 Å². The standard InChI is InChI=1S/C13H23NO3.C2H6/c1-5-7-11(8-6-9-15)10-14-12(16)17-13(2,3)4;1-2/h6-8,15H,5,9-10H2,1-4H3,(H,14,16);1-2H3/b8-6-,11-7+;. The molecule has 2 N–H and O–H groups in total. The van der Waals surface area contributed by atoms with Crippen molar-refractivity contribution in [2.75, 3.05) is 13.2 Å². The van der Waals surface area contributed by atoms with Gasteiger partial charge >= 0.3 is 6.09 Å². The molecule has 0 saturated heterocycles. The molecule has 0 radical (unpaired) electrons. The van der Waals surface area contributed by atoms with Crippen LogP contribution in [0, 0.1) is 0 Å².